The maximum atomic E-state index is 11.8. The van der Waals surface area contributed by atoms with Gasteiger partial charge < -0.3 is 20.0 Å². The minimum absolute atomic E-state index is 0.204. The number of aromatic nitrogens is 4. The number of fused-ring (bicyclic) bond motifs is 1. The molecule has 6 N–H and O–H groups in total. The fourth-order valence-electron chi connectivity index (χ4n) is 7.01. The smallest absolute Gasteiger partial charge is 0.365 e. The fourth-order valence-corrected chi connectivity index (χ4v) is 7.01. The lowest BCUT2D eigenvalue weighted by molar-refractivity contribution is 0.120. The van der Waals surface area contributed by atoms with Crippen molar-refractivity contribution in [3.63, 3.8) is 0 Å². The lowest BCUT2D eigenvalue weighted by atomic mass is 9.80. The first-order valence-corrected chi connectivity index (χ1v) is 16.1. The predicted molar refractivity (Wildman–Crippen MR) is 165 cm³/mol. The highest BCUT2D eigenvalue weighted by atomic mass is 16.7. The van der Waals surface area contributed by atoms with Gasteiger partial charge in [-0.2, -0.15) is 4.98 Å². The number of amides is 1. The number of hydroxylamine groups is 1. The zero-order chi connectivity index (χ0) is 29.3. The number of rotatable bonds is 10. The van der Waals surface area contributed by atoms with Gasteiger partial charge >= 0.3 is 6.09 Å². The van der Waals surface area contributed by atoms with Gasteiger partial charge in [-0.1, -0.05) is 56.5 Å². The third-order valence-corrected chi connectivity index (χ3v) is 9.98. The van der Waals surface area contributed by atoms with Crippen molar-refractivity contribution in [2.75, 3.05) is 23.7 Å². The molecule has 12 nitrogen and oxygen atoms in total. The van der Waals surface area contributed by atoms with Crippen LogP contribution in [0.5, 0.6) is 0 Å². The van der Waals surface area contributed by atoms with Crippen LogP contribution in [0, 0.1) is 23.7 Å². The van der Waals surface area contributed by atoms with Crippen LogP contribution in [0.4, 0.5) is 16.6 Å². The van der Waals surface area contributed by atoms with E-state index in [0.717, 1.165) is 42.8 Å². The Kier molecular flexibility index (Phi) is 8.07. The first-order chi connectivity index (χ1) is 21.0. The zero-order valence-corrected chi connectivity index (χ0v) is 25.1. The third-order valence-electron chi connectivity index (χ3n) is 9.98. The van der Waals surface area contributed by atoms with Crippen LogP contribution in [0.2, 0.25) is 0 Å². The van der Waals surface area contributed by atoms with Gasteiger partial charge in [0.2, 0.25) is 5.95 Å². The van der Waals surface area contributed by atoms with Crippen LogP contribution < -0.4 is 32.3 Å². The van der Waals surface area contributed by atoms with Gasteiger partial charge in [0.25, 0.3) is 0 Å². The molecule has 0 radical (unpaired) electrons. The summed E-state index contributed by atoms with van der Waals surface area (Å²) in [6.07, 6.45) is 7.48. The number of anilines is 2. The Morgan fingerprint density at radius 3 is 2.60 bits per heavy atom. The van der Waals surface area contributed by atoms with Crippen molar-refractivity contribution in [1.82, 2.24) is 41.2 Å². The van der Waals surface area contributed by atoms with E-state index in [0.29, 0.717) is 29.2 Å². The first-order valence-electron chi connectivity index (χ1n) is 16.1. The second kappa shape index (κ2) is 12.3. The number of hydrogen-bond donors (Lipinski definition) is 6. The molecule has 4 aliphatic rings. The van der Waals surface area contributed by atoms with Gasteiger partial charge in [-0.05, 0) is 55.9 Å². The molecule has 3 unspecified atom stereocenters. The molecule has 4 fully saturated rings. The van der Waals surface area contributed by atoms with E-state index in [-0.39, 0.29) is 12.1 Å². The van der Waals surface area contributed by atoms with E-state index >= 15 is 0 Å². The quantitative estimate of drug-likeness (QED) is 0.202. The Bertz CT molecular complexity index is 1420. The summed E-state index contributed by atoms with van der Waals surface area (Å²) in [5.74, 6) is 4.32. The van der Waals surface area contributed by atoms with Crippen LogP contribution in [0.3, 0.4) is 0 Å². The van der Waals surface area contributed by atoms with E-state index in [1.807, 2.05) is 0 Å². The minimum atomic E-state index is -0.639. The summed E-state index contributed by atoms with van der Waals surface area (Å²) in [5, 5.41) is 10.2. The molecule has 2 aliphatic heterocycles. The van der Waals surface area contributed by atoms with Crippen molar-refractivity contribution < 1.29 is 9.63 Å². The molecule has 2 saturated heterocycles. The van der Waals surface area contributed by atoms with E-state index in [2.05, 4.69) is 81.0 Å². The molecular weight excluding hydrogens is 544 g/mol. The van der Waals surface area contributed by atoms with Crippen molar-refractivity contribution in [1.29, 1.82) is 0 Å². The van der Waals surface area contributed by atoms with Gasteiger partial charge in [0.1, 0.15) is 5.52 Å². The maximum absolute atomic E-state index is 11.8. The normalized spacial score (nSPS) is 28.3. The summed E-state index contributed by atoms with van der Waals surface area (Å²) in [6.45, 7) is 7.07. The Labute approximate surface area is 252 Å². The van der Waals surface area contributed by atoms with Gasteiger partial charge in [-0.25, -0.2) is 20.2 Å². The van der Waals surface area contributed by atoms with E-state index in [1.165, 1.54) is 50.5 Å². The first kappa shape index (κ1) is 28.3. The molecule has 2 saturated carbocycles. The minimum Gasteiger partial charge on any atom is -0.365 e. The molecular formula is C31H44N10O2. The molecule has 2 aromatic heterocycles. The monoisotopic (exact) mass is 588 g/mol. The summed E-state index contributed by atoms with van der Waals surface area (Å²) in [7, 11) is 0. The number of hydrogen-bond acceptors (Lipinski definition) is 10. The van der Waals surface area contributed by atoms with E-state index < -0.39 is 12.3 Å². The number of nitrogens with one attached hydrogen (secondary N) is 6. The van der Waals surface area contributed by atoms with Gasteiger partial charge in [-0.3, -0.25) is 10.7 Å². The topological polar surface area (TPSA) is 142 Å². The summed E-state index contributed by atoms with van der Waals surface area (Å²) in [5.41, 5.74) is 12.3. The second-order valence-corrected chi connectivity index (χ2v) is 13.0. The van der Waals surface area contributed by atoms with Gasteiger partial charge in [-0.15, -0.1) is 5.48 Å². The largest absolute Gasteiger partial charge is 0.427 e. The zero-order valence-electron chi connectivity index (χ0n) is 25.1. The summed E-state index contributed by atoms with van der Waals surface area (Å²) >= 11 is 0. The van der Waals surface area contributed by atoms with Crippen LogP contribution in [-0.4, -0.2) is 44.7 Å². The van der Waals surface area contributed by atoms with Gasteiger partial charge in [0.05, 0.1) is 6.04 Å². The molecule has 4 atom stereocenters. The number of carbonyl (C=O) groups excluding carboxylic acids is 1. The third kappa shape index (κ3) is 6.00. The van der Waals surface area contributed by atoms with Gasteiger partial charge in [0, 0.05) is 31.6 Å². The number of imidazole rings is 1. The SMILES string of the molecule is CC1CCC(Cn2c(NCC3CNNC3c3ccccc3)nc3nc(C4NOC(=O)N4)nc(N[C@H](C)C4CCC4)c32)CC1. The molecule has 3 aromatic rings. The van der Waals surface area contributed by atoms with Crippen LogP contribution in [0.15, 0.2) is 30.3 Å². The Morgan fingerprint density at radius 1 is 1.07 bits per heavy atom. The van der Waals surface area contributed by atoms with Crippen LogP contribution in [-0.2, 0) is 11.4 Å². The molecule has 7 rings (SSSR count). The van der Waals surface area contributed by atoms with Crippen molar-refractivity contribution >= 4 is 29.0 Å². The lowest BCUT2D eigenvalue weighted by Gasteiger charge is -2.32. The number of benzene rings is 1. The average molecular weight is 589 g/mol. The highest BCUT2D eigenvalue weighted by Gasteiger charge is 2.32. The van der Waals surface area contributed by atoms with Gasteiger partial charge in [0.15, 0.2) is 23.5 Å². The predicted octanol–water partition coefficient (Wildman–Crippen LogP) is 4.37. The number of nitrogens with zero attached hydrogens (tertiary/aromatic N) is 4. The average Bonchev–Trinajstić information content (AvgIpc) is 3.71. The molecule has 4 heterocycles. The molecule has 0 spiro atoms. The van der Waals surface area contributed by atoms with E-state index in [1.54, 1.807) is 0 Å². The Hall–Kier alpha value is -3.48. The van der Waals surface area contributed by atoms with Crippen molar-refractivity contribution in [2.24, 2.45) is 23.7 Å². The van der Waals surface area contributed by atoms with Crippen LogP contribution >= 0.6 is 0 Å². The molecule has 1 amide bonds. The fraction of sp³-hybridized carbons (Fsp3) is 0.613. The number of carbonyl (C=O) groups is 1. The standard InChI is InChI=1S/C31H44N10O2/c1-18-11-13-20(14-12-18)17-41-25-26(34-19(2)21-9-6-10-21)35-28(29-38-31(42)43-40-29)36-27(25)37-30(41)32-15-23-16-33-39-24(23)22-7-4-3-5-8-22/h3-5,7-8,18-21,23-24,29,33,39-40H,6,9-17H2,1-2H3,(H,38,42)(H2,32,34,35,36,37)/t18?,19-,20?,23?,24?,29?/m1/s1. The summed E-state index contributed by atoms with van der Waals surface area (Å²) in [6, 6.07) is 11.1. The van der Waals surface area contributed by atoms with Crippen LogP contribution in [0.25, 0.3) is 11.2 Å². The second-order valence-electron chi connectivity index (χ2n) is 13.0. The highest BCUT2D eigenvalue weighted by Crippen LogP contribution is 2.36. The van der Waals surface area contributed by atoms with Crippen molar-refractivity contribution in [3.05, 3.63) is 41.7 Å². The summed E-state index contributed by atoms with van der Waals surface area (Å²) < 4.78 is 2.32. The van der Waals surface area contributed by atoms with Crippen molar-refractivity contribution in [3.8, 4) is 0 Å². The lowest BCUT2D eigenvalue weighted by Crippen LogP contribution is -2.32. The van der Waals surface area contributed by atoms with Crippen LogP contribution in [0.1, 0.15) is 82.4 Å². The molecule has 43 heavy (non-hydrogen) atoms. The van der Waals surface area contributed by atoms with E-state index in [4.69, 9.17) is 19.8 Å². The molecule has 2 aliphatic carbocycles. The molecule has 230 valence electrons. The van der Waals surface area contributed by atoms with E-state index in [9.17, 15) is 4.79 Å². The molecule has 0 bridgehead atoms. The molecule has 1 aromatic carbocycles. The highest BCUT2D eigenvalue weighted by molar-refractivity contribution is 5.86. The molecule has 12 heteroatoms. The Morgan fingerprint density at radius 2 is 1.88 bits per heavy atom. The Balaban J connectivity index is 1.24. The number of hydrazine groups is 1. The summed E-state index contributed by atoms with van der Waals surface area (Å²) in [4.78, 5) is 31.7. The maximum Gasteiger partial charge on any atom is 0.427 e. The van der Waals surface area contributed by atoms with Crippen molar-refractivity contribution in [2.45, 2.75) is 83.6 Å².